The first kappa shape index (κ1) is 19.3. The van der Waals surface area contributed by atoms with Gasteiger partial charge in [-0.2, -0.15) is 0 Å². The number of amides is 1. The lowest BCUT2D eigenvalue weighted by molar-refractivity contribution is -0.121. The number of Topliss-reactive ketones (excluding diaryl/α,β-unsaturated/α-hetero) is 1. The number of para-hydroxylation sites is 2. The molecule has 0 spiro atoms. The Morgan fingerprint density at radius 3 is 2.76 bits per heavy atom. The molecular weight excluding hydrogens is 366 g/mol. The molecule has 2 aromatic rings. The number of carbonyl (C=O) groups is 2. The summed E-state index contributed by atoms with van der Waals surface area (Å²) in [4.78, 5) is 29.3. The Hall–Kier alpha value is -3.02. The van der Waals surface area contributed by atoms with Crippen molar-refractivity contribution in [2.75, 3.05) is 41.4 Å². The molecule has 0 bridgehead atoms. The molecule has 0 fully saturated rings. The normalized spacial score (nSPS) is 17.1. The second kappa shape index (κ2) is 7.43. The van der Waals surface area contributed by atoms with Crippen LogP contribution in [0.5, 0.6) is 5.75 Å². The van der Waals surface area contributed by atoms with Crippen LogP contribution in [0.25, 0.3) is 0 Å². The van der Waals surface area contributed by atoms with E-state index in [1.165, 1.54) is 0 Å². The van der Waals surface area contributed by atoms with E-state index in [0.29, 0.717) is 23.5 Å². The van der Waals surface area contributed by atoms with Gasteiger partial charge < -0.3 is 19.9 Å². The lowest BCUT2D eigenvalue weighted by Gasteiger charge is -2.41. The van der Waals surface area contributed by atoms with Crippen molar-refractivity contribution in [3.05, 3.63) is 48.0 Å². The van der Waals surface area contributed by atoms with Crippen molar-refractivity contribution in [3.8, 4) is 5.75 Å². The summed E-state index contributed by atoms with van der Waals surface area (Å²) in [5.41, 5.74) is 3.22. The Bertz CT molecular complexity index is 954. The lowest BCUT2D eigenvalue weighted by Crippen LogP contribution is -2.50. The molecule has 1 amide bonds. The third-order valence-corrected chi connectivity index (χ3v) is 5.31. The van der Waals surface area contributed by atoms with E-state index in [4.69, 9.17) is 4.74 Å². The number of carbonyl (C=O) groups excluding carboxylic acids is 2. The Morgan fingerprint density at radius 1 is 1.17 bits per heavy atom. The zero-order chi connectivity index (χ0) is 20.6. The Morgan fingerprint density at radius 2 is 1.97 bits per heavy atom. The summed E-state index contributed by atoms with van der Waals surface area (Å²) in [5.74, 6) is 0.611. The first-order valence-corrected chi connectivity index (χ1v) is 10.1. The number of ketones is 1. The Kier molecular flexibility index (Phi) is 4.94. The van der Waals surface area contributed by atoms with Crippen molar-refractivity contribution in [3.63, 3.8) is 0 Å². The first-order valence-electron chi connectivity index (χ1n) is 10.1. The van der Waals surface area contributed by atoms with Crippen molar-refractivity contribution in [1.29, 1.82) is 0 Å². The van der Waals surface area contributed by atoms with Crippen molar-refractivity contribution in [2.24, 2.45) is 0 Å². The topological polar surface area (TPSA) is 61.9 Å². The second-order valence-electron chi connectivity index (χ2n) is 8.32. The molecule has 6 nitrogen and oxygen atoms in total. The first-order chi connectivity index (χ1) is 13.9. The zero-order valence-electron chi connectivity index (χ0n) is 17.2. The van der Waals surface area contributed by atoms with E-state index < -0.39 is 0 Å². The average Bonchev–Trinajstić information content (AvgIpc) is 2.69. The number of ether oxygens (including phenoxy) is 1. The quantitative estimate of drug-likeness (QED) is 0.785. The number of rotatable bonds is 5. The molecule has 152 valence electrons. The SMILES string of the molecule is CCCN1C(=O)COc2ccc(C(=O)CN3CC(C)(C)Nc4ccccc43)cc21. The van der Waals surface area contributed by atoms with Crippen LogP contribution >= 0.6 is 0 Å². The number of hydrogen-bond acceptors (Lipinski definition) is 5. The van der Waals surface area contributed by atoms with Crippen LogP contribution in [0.4, 0.5) is 17.1 Å². The van der Waals surface area contributed by atoms with Gasteiger partial charge in [-0.15, -0.1) is 0 Å². The highest BCUT2D eigenvalue weighted by atomic mass is 16.5. The van der Waals surface area contributed by atoms with Gasteiger partial charge in [0, 0.05) is 24.2 Å². The summed E-state index contributed by atoms with van der Waals surface area (Å²) in [6.07, 6.45) is 0.843. The summed E-state index contributed by atoms with van der Waals surface area (Å²) in [6, 6.07) is 13.4. The molecule has 29 heavy (non-hydrogen) atoms. The van der Waals surface area contributed by atoms with E-state index in [1.807, 2.05) is 31.2 Å². The molecule has 2 aliphatic heterocycles. The smallest absolute Gasteiger partial charge is 0.265 e. The minimum atomic E-state index is -0.136. The summed E-state index contributed by atoms with van der Waals surface area (Å²) < 4.78 is 5.55. The van der Waals surface area contributed by atoms with E-state index in [-0.39, 0.29) is 30.4 Å². The fourth-order valence-electron chi connectivity index (χ4n) is 4.07. The summed E-state index contributed by atoms with van der Waals surface area (Å²) >= 11 is 0. The minimum Gasteiger partial charge on any atom is -0.482 e. The Labute approximate surface area is 171 Å². The van der Waals surface area contributed by atoms with Crippen molar-refractivity contribution in [2.45, 2.75) is 32.7 Å². The molecule has 2 aromatic carbocycles. The minimum absolute atomic E-state index is 0.0229. The standard InChI is InChI=1S/C23H27N3O3/c1-4-11-26-19-12-16(9-10-21(19)29-14-22(26)28)20(27)13-25-15-23(2,3)24-17-7-5-6-8-18(17)25/h5-10,12,24H,4,11,13-15H2,1-3H3. The number of fused-ring (bicyclic) bond motifs is 2. The molecule has 1 N–H and O–H groups in total. The van der Waals surface area contributed by atoms with E-state index in [1.54, 1.807) is 23.1 Å². The second-order valence-corrected chi connectivity index (χ2v) is 8.32. The number of nitrogens with one attached hydrogen (secondary N) is 1. The van der Waals surface area contributed by atoms with E-state index in [2.05, 4.69) is 24.1 Å². The van der Waals surface area contributed by atoms with Crippen LogP contribution in [0.15, 0.2) is 42.5 Å². The van der Waals surface area contributed by atoms with Crippen LogP contribution in [0, 0.1) is 0 Å². The Balaban J connectivity index is 1.61. The number of nitrogens with zero attached hydrogens (tertiary/aromatic N) is 2. The number of hydrogen-bond donors (Lipinski definition) is 1. The molecule has 6 heteroatoms. The van der Waals surface area contributed by atoms with Gasteiger partial charge in [0.25, 0.3) is 5.91 Å². The van der Waals surface area contributed by atoms with Crippen LogP contribution in [-0.4, -0.2) is 43.5 Å². The zero-order valence-corrected chi connectivity index (χ0v) is 17.2. The highest BCUT2D eigenvalue weighted by molar-refractivity contribution is 6.03. The molecule has 2 heterocycles. The summed E-state index contributed by atoms with van der Waals surface area (Å²) in [7, 11) is 0. The van der Waals surface area contributed by atoms with Crippen molar-refractivity contribution < 1.29 is 14.3 Å². The largest absolute Gasteiger partial charge is 0.482 e. The van der Waals surface area contributed by atoms with Crippen LogP contribution in [0.3, 0.4) is 0 Å². The molecular formula is C23H27N3O3. The molecule has 0 aliphatic carbocycles. The molecule has 0 saturated heterocycles. The van der Waals surface area contributed by atoms with E-state index in [0.717, 1.165) is 24.3 Å². The fourth-order valence-corrected chi connectivity index (χ4v) is 4.07. The molecule has 0 saturated carbocycles. The molecule has 0 atom stereocenters. The van der Waals surface area contributed by atoms with Gasteiger partial charge in [0.2, 0.25) is 0 Å². The maximum Gasteiger partial charge on any atom is 0.265 e. The van der Waals surface area contributed by atoms with Crippen LogP contribution in [0.2, 0.25) is 0 Å². The van der Waals surface area contributed by atoms with Gasteiger partial charge in [0.1, 0.15) is 5.75 Å². The average molecular weight is 393 g/mol. The molecule has 0 radical (unpaired) electrons. The van der Waals surface area contributed by atoms with Gasteiger partial charge >= 0.3 is 0 Å². The van der Waals surface area contributed by atoms with Crippen LogP contribution in [0.1, 0.15) is 37.6 Å². The van der Waals surface area contributed by atoms with Gasteiger partial charge in [0.15, 0.2) is 12.4 Å². The predicted molar refractivity (Wildman–Crippen MR) is 115 cm³/mol. The molecule has 2 aliphatic rings. The van der Waals surface area contributed by atoms with Crippen LogP contribution in [-0.2, 0) is 4.79 Å². The third kappa shape index (κ3) is 3.79. The maximum atomic E-state index is 13.2. The van der Waals surface area contributed by atoms with Gasteiger partial charge in [-0.05, 0) is 50.6 Å². The van der Waals surface area contributed by atoms with E-state index in [9.17, 15) is 9.59 Å². The molecule has 0 aromatic heterocycles. The van der Waals surface area contributed by atoms with E-state index >= 15 is 0 Å². The molecule has 4 rings (SSSR count). The fraction of sp³-hybridized carbons (Fsp3) is 0.391. The van der Waals surface area contributed by atoms with Crippen molar-refractivity contribution in [1.82, 2.24) is 0 Å². The van der Waals surface area contributed by atoms with Gasteiger partial charge in [0.05, 0.1) is 23.6 Å². The summed E-state index contributed by atoms with van der Waals surface area (Å²) in [5, 5.41) is 3.53. The monoisotopic (exact) mass is 393 g/mol. The van der Waals surface area contributed by atoms with Gasteiger partial charge in [-0.25, -0.2) is 0 Å². The summed E-state index contributed by atoms with van der Waals surface area (Å²) in [6.45, 7) is 7.96. The highest BCUT2D eigenvalue weighted by Crippen LogP contribution is 2.36. The predicted octanol–water partition coefficient (Wildman–Crippen LogP) is 3.72. The number of benzene rings is 2. The third-order valence-electron chi connectivity index (χ3n) is 5.31. The van der Waals surface area contributed by atoms with Crippen molar-refractivity contribution >= 4 is 28.8 Å². The van der Waals surface area contributed by atoms with Gasteiger partial charge in [-0.3, -0.25) is 9.59 Å². The maximum absolute atomic E-state index is 13.2. The lowest BCUT2D eigenvalue weighted by atomic mass is 9.98. The van der Waals surface area contributed by atoms with Gasteiger partial charge in [-0.1, -0.05) is 19.1 Å². The highest BCUT2D eigenvalue weighted by Gasteiger charge is 2.31. The van der Waals surface area contributed by atoms with Crippen LogP contribution < -0.4 is 19.9 Å². The molecule has 0 unspecified atom stereocenters. The number of anilines is 3.